The number of benzene rings is 2. The SMILES string of the molecule is CCOC(=O)C(=Cc1ccccc1CBr)C(=O)c1cccc(Br)c1. The number of carbonyl (C=O) groups is 2. The van der Waals surface area contributed by atoms with Gasteiger partial charge in [0.15, 0.2) is 5.78 Å². The Labute approximate surface area is 158 Å². The monoisotopic (exact) mass is 450 g/mol. The van der Waals surface area contributed by atoms with Crippen molar-refractivity contribution in [1.29, 1.82) is 0 Å². The summed E-state index contributed by atoms with van der Waals surface area (Å²) in [5.74, 6) is -0.981. The van der Waals surface area contributed by atoms with E-state index in [1.165, 1.54) is 0 Å². The molecule has 0 unspecified atom stereocenters. The van der Waals surface area contributed by atoms with Gasteiger partial charge in [-0.25, -0.2) is 4.79 Å². The Morgan fingerprint density at radius 3 is 2.54 bits per heavy atom. The summed E-state index contributed by atoms with van der Waals surface area (Å²) in [5, 5.41) is 0.626. The highest BCUT2D eigenvalue weighted by atomic mass is 79.9. The van der Waals surface area contributed by atoms with Crippen molar-refractivity contribution in [2.24, 2.45) is 0 Å². The molecule has 0 spiro atoms. The van der Waals surface area contributed by atoms with Crippen molar-refractivity contribution in [3.8, 4) is 0 Å². The third kappa shape index (κ3) is 4.65. The van der Waals surface area contributed by atoms with E-state index in [4.69, 9.17) is 4.74 Å². The van der Waals surface area contributed by atoms with Crippen LogP contribution < -0.4 is 0 Å². The van der Waals surface area contributed by atoms with Gasteiger partial charge in [-0.05, 0) is 36.3 Å². The molecule has 124 valence electrons. The number of halogens is 2. The maximum absolute atomic E-state index is 12.8. The predicted molar refractivity (Wildman–Crippen MR) is 102 cm³/mol. The summed E-state index contributed by atoms with van der Waals surface area (Å²) in [4.78, 5) is 25.1. The normalized spacial score (nSPS) is 11.2. The second-order valence-electron chi connectivity index (χ2n) is 4.95. The van der Waals surface area contributed by atoms with Gasteiger partial charge in [0, 0.05) is 15.4 Å². The summed E-state index contributed by atoms with van der Waals surface area (Å²) in [6, 6.07) is 14.5. The molecule has 3 nitrogen and oxygen atoms in total. The molecule has 0 radical (unpaired) electrons. The molecule has 2 aromatic rings. The van der Waals surface area contributed by atoms with E-state index in [1.54, 1.807) is 31.2 Å². The van der Waals surface area contributed by atoms with E-state index in [0.29, 0.717) is 10.9 Å². The molecule has 0 aliphatic rings. The van der Waals surface area contributed by atoms with Crippen LogP contribution in [0.3, 0.4) is 0 Å². The van der Waals surface area contributed by atoms with E-state index in [9.17, 15) is 9.59 Å². The summed E-state index contributed by atoms with van der Waals surface area (Å²) >= 11 is 6.76. The first-order valence-electron chi connectivity index (χ1n) is 7.39. The first kappa shape index (κ1) is 18.6. The van der Waals surface area contributed by atoms with E-state index >= 15 is 0 Å². The highest BCUT2D eigenvalue weighted by Gasteiger charge is 2.21. The molecular weight excluding hydrogens is 436 g/mol. The summed E-state index contributed by atoms with van der Waals surface area (Å²) in [5.41, 5.74) is 2.24. The van der Waals surface area contributed by atoms with Crippen LogP contribution >= 0.6 is 31.9 Å². The number of ether oxygens (including phenoxy) is 1. The van der Waals surface area contributed by atoms with Crippen molar-refractivity contribution in [3.05, 3.63) is 75.3 Å². The van der Waals surface area contributed by atoms with Crippen LogP contribution in [0.25, 0.3) is 6.08 Å². The first-order chi connectivity index (χ1) is 11.6. The molecule has 24 heavy (non-hydrogen) atoms. The second kappa shape index (κ2) is 8.94. The maximum Gasteiger partial charge on any atom is 0.342 e. The van der Waals surface area contributed by atoms with E-state index < -0.39 is 5.97 Å². The highest BCUT2D eigenvalue weighted by Crippen LogP contribution is 2.21. The fourth-order valence-electron chi connectivity index (χ4n) is 2.16. The minimum Gasteiger partial charge on any atom is -0.462 e. The van der Waals surface area contributed by atoms with Crippen molar-refractivity contribution in [3.63, 3.8) is 0 Å². The number of esters is 1. The van der Waals surface area contributed by atoms with Gasteiger partial charge in [0.05, 0.1) is 6.61 Å². The number of carbonyl (C=O) groups excluding carboxylic acids is 2. The van der Waals surface area contributed by atoms with Crippen LogP contribution in [0.5, 0.6) is 0 Å². The fourth-order valence-corrected chi connectivity index (χ4v) is 3.07. The zero-order valence-electron chi connectivity index (χ0n) is 13.1. The van der Waals surface area contributed by atoms with Gasteiger partial charge in [0.1, 0.15) is 5.57 Å². The average Bonchev–Trinajstić information content (AvgIpc) is 2.59. The van der Waals surface area contributed by atoms with Gasteiger partial charge in [0.2, 0.25) is 0 Å². The first-order valence-corrected chi connectivity index (χ1v) is 9.31. The van der Waals surface area contributed by atoms with E-state index in [0.717, 1.165) is 15.6 Å². The predicted octanol–water partition coefficient (Wildman–Crippen LogP) is 5.17. The molecule has 0 aromatic heterocycles. The van der Waals surface area contributed by atoms with Crippen molar-refractivity contribution in [1.82, 2.24) is 0 Å². The number of ketones is 1. The lowest BCUT2D eigenvalue weighted by Gasteiger charge is -2.09. The smallest absolute Gasteiger partial charge is 0.342 e. The van der Waals surface area contributed by atoms with Crippen LogP contribution in [0.15, 0.2) is 58.6 Å². The number of Topliss-reactive ketones (excluding diaryl/α,β-unsaturated/α-hetero) is 1. The number of alkyl halides is 1. The van der Waals surface area contributed by atoms with Gasteiger partial charge in [-0.2, -0.15) is 0 Å². The van der Waals surface area contributed by atoms with Crippen LogP contribution in [0, 0.1) is 0 Å². The molecule has 0 aliphatic heterocycles. The maximum atomic E-state index is 12.8. The zero-order chi connectivity index (χ0) is 17.5. The molecule has 0 atom stereocenters. The van der Waals surface area contributed by atoms with Crippen LogP contribution in [-0.4, -0.2) is 18.4 Å². The molecular formula is C19H16Br2O3. The van der Waals surface area contributed by atoms with Gasteiger partial charge >= 0.3 is 5.97 Å². The third-order valence-corrected chi connectivity index (χ3v) is 4.42. The summed E-state index contributed by atoms with van der Waals surface area (Å²) in [6.45, 7) is 1.92. The van der Waals surface area contributed by atoms with Gasteiger partial charge in [-0.15, -0.1) is 0 Å². The molecule has 0 heterocycles. The number of hydrogen-bond donors (Lipinski definition) is 0. The Morgan fingerprint density at radius 1 is 1.12 bits per heavy atom. The lowest BCUT2D eigenvalue weighted by atomic mass is 9.99. The van der Waals surface area contributed by atoms with Gasteiger partial charge in [-0.3, -0.25) is 4.79 Å². The minimum atomic E-state index is -0.619. The van der Waals surface area contributed by atoms with E-state index in [1.807, 2.05) is 30.3 Å². The quantitative estimate of drug-likeness (QED) is 0.152. The summed E-state index contributed by atoms with van der Waals surface area (Å²) < 4.78 is 5.85. The molecule has 0 fully saturated rings. The Balaban J connectivity index is 2.50. The Hall–Kier alpha value is -1.72. The van der Waals surface area contributed by atoms with E-state index in [-0.39, 0.29) is 18.0 Å². The van der Waals surface area contributed by atoms with Crippen molar-refractivity contribution in [2.45, 2.75) is 12.3 Å². The Morgan fingerprint density at radius 2 is 1.88 bits per heavy atom. The molecule has 0 bridgehead atoms. The van der Waals surface area contributed by atoms with Crippen molar-refractivity contribution >= 4 is 49.7 Å². The van der Waals surface area contributed by atoms with Crippen molar-refractivity contribution < 1.29 is 14.3 Å². The number of hydrogen-bond acceptors (Lipinski definition) is 3. The lowest BCUT2D eigenvalue weighted by Crippen LogP contribution is -2.16. The van der Waals surface area contributed by atoms with Crippen LogP contribution in [-0.2, 0) is 14.9 Å². The molecule has 0 amide bonds. The Kier molecular flexibility index (Phi) is 6.94. The van der Waals surface area contributed by atoms with Crippen LogP contribution in [0.2, 0.25) is 0 Å². The molecule has 0 aliphatic carbocycles. The minimum absolute atomic E-state index is 0.0170. The molecule has 2 rings (SSSR count). The molecule has 0 N–H and O–H groups in total. The van der Waals surface area contributed by atoms with Gasteiger partial charge in [-0.1, -0.05) is 68.3 Å². The second-order valence-corrected chi connectivity index (χ2v) is 6.43. The standard InChI is InChI=1S/C19H16Br2O3/c1-2-24-19(23)17(11-13-6-3-4-7-15(13)12-20)18(22)14-8-5-9-16(21)10-14/h3-11H,2,12H2,1H3. The van der Waals surface area contributed by atoms with E-state index in [2.05, 4.69) is 31.9 Å². The van der Waals surface area contributed by atoms with Gasteiger partial charge in [0.25, 0.3) is 0 Å². The average molecular weight is 452 g/mol. The summed E-state index contributed by atoms with van der Waals surface area (Å²) in [6.07, 6.45) is 1.60. The zero-order valence-corrected chi connectivity index (χ0v) is 16.3. The topological polar surface area (TPSA) is 43.4 Å². The molecule has 2 aromatic carbocycles. The molecule has 0 saturated heterocycles. The van der Waals surface area contributed by atoms with Crippen molar-refractivity contribution in [2.75, 3.05) is 6.61 Å². The molecule has 5 heteroatoms. The Bertz CT molecular complexity index is 782. The number of rotatable bonds is 6. The van der Waals surface area contributed by atoms with Crippen LogP contribution in [0.4, 0.5) is 0 Å². The van der Waals surface area contributed by atoms with Gasteiger partial charge < -0.3 is 4.74 Å². The molecule has 0 saturated carbocycles. The third-order valence-electron chi connectivity index (χ3n) is 3.33. The highest BCUT2D eigenvalue weighted by molar-refractivity contribution is 9.10. The summed E-state index contributed by atoms with van der Waals surface area (Å²) in [7, 11) is 0. The fraction of sp³-hybridized carbons (Fsp3) is 0.158. The largest absolute Gasteiger partial charge is 0.462 e. The lowest BCUT2D eigenvalue weighted by molar-refractivity contribution is -0.137. The van der Waals surface area contributed by atoms with Crippen LogP contribution in [0.1, 0.15) is 28.4 Å².